The van der Waals surface area contributed by atoms with Crippen molar-refractivity contribution in [2.45, 2.75) is 21.3 Å². The lowest BCUT2D eigenvalue weighted by Crippen LogP contribution is -2.31. The molecule has 0 aliphatic rings. The number of aliphatic hydroxyl groups excluding tert-OH is 1. The van der Waals surface area contributed by atoms with Gasteiger partial charge in [-0.2, -0.15) is 9.46 Å². The highest BCUT2D eigenvalue weighted by Gasteiger charge is 2.19. The molecule has 0 aliphatic carbocycles. The van der Waals surface area contributed by atoms with Crippen molar-refractivity contribution < 1.29 is 48.2 Å². The van der Waals surface area contributed by atoms with Crippen molar-refractivity contribution in [3.05, 3.63) is 243 Å². The number of thioether (sulfide) groups is 3. The Morgan fingerprint density at radius 3 is 1.25 bits per heavy atom. The van der Waals surface area contributed by atoms with Crippen LogP contribution in [0.2, 0.25) is 0 Å². The fourth-order valence-corrected chi connectivity index (χ4v) is 12.3. The number of hydrogen-bond donors (Lipinski definition) is 2. The minimum absolute atomic E-state index is 0.118. The van der Waals surface area contributed by atoms with Crippen molar-refractivity contribution >= 4 is 89.3 Å². The molecule has 0 aromatic carbocycles. The van der Waals surface area contributed by atoms with Crippen LogP contribution < -0.4 is 37.9 Å². The molecule has 23 nitrogen and oxygen atoms in total. The minimum atomic E-state index is -0.118. The summed E-state index contributed by atoms with van der Waals surface area (Å²) in [6.45, 7) is -0.118. The number of nitrogens with zero attached hydrogens (tertiary/aromatic N) is 13. The van der Waals surface area contributed by atoms with E-state index in [4.69, 9.17) is 33.6 Å². The summed E-state index contributed by atoms with van der Waals surface area (Å²) in [7, 11) is 9.61. The van der Waals surface area contributed by atoms with E-state index < -0.39 is 0 Å². The molecule has 0 aliphatic heterocycles. The second-order valence-electron chi connectivity index (χ2n) is 19.4. The van der Waals surface area contributed by atoms with Crippen LogP contribution in [-0.4, -0.2) is 128 Å². The molecular weight excluding hydrogens is 1530 g/mol. The van der Waals surface area contributed by atoms with Crippen molar-refractivity contribution in [3.8, 4) is 103 Å². The summed E-state index contributed by atoms with van der Waals surface area (Å²) in [5.74, 6) is 4.21. The topological polar surface area (TPSA) is 291 Å². The summed E-state index contributed by atoms with van der Waals surface area (Å²) in [6, 6.07) is 49.3. The zero-order chi connectivity index (χ0) is 71.8. The molecule has 12 rings (SSSR count). The van der Waals surface area contributed by atoms with Gasteiger partial charge in [-0.3, -0.25) is 19.9 Å². The Morgan fingerprint density at radius 2 is 0.830 bits per heavy atom. The standard InChI is InChI=1S/C13H13N3O2S.C13H14N2O2S.C12H11BrN2OS.C11H9BrN2O2.C11H9BrN2O.C11H10N2O2/c1-18-12-7-10(9-5-3-4-6-14-9)16-11(8-15-17)13(12)19-2;1-17-12-7-10(9-5-3-4-6-14-9)15-11(8-16)13(12)18-2;1-16-10-7-9(8-5-3-4-6-14-8)15-12(13)11(10)17-2;1-16-8-6-10(14(15)11(12)7-8)9-4-2-3-5-13-9;1-15-8-6-10(14-11(12)7-8)9-4-2-3-5-13-9;1-15-9-5-7-13(14)11(8-9)10-4-2-3-6-12-10/h3-8,17H,1-2H3;3-7,16H,8H2,1-2H3;3-7H,1-2H3;2-7H,1H3;2-7H,1H3;2-8H,1H3/b15-8-;;;;;. The number of pyridine rings is 12. The van der Waals surface area contributed by atoms with Gasteiger partial charge in [0, 0.05) is 89.5 Å². The number of rotatable bonds is 17. The van der Waals surface area contributed by atoms with Crippen molar-refractivity contribution in [1.29, 1.82) is 0 Å². The molecule has 0 radical (unpaired) electrons. The Balaban J connectivity index is 0.000000169. The SMILES string of the molecule is COc1cc(-c2ccccn2)nc(/C=N\O)c1SC.COc1cc(-c2ccccn2)nc(Br)c1SC.COc1cc(-c2ccccn2)nc(CO)c1SC.COc1cc(Br)[n+]([O-])c(-c2ccccn2)c1.COc1cc(Br)nc(-c2ccccn2)c1.COc1cc[n+]([O-])c(-c2ccccn2)c1. The number of methoxy groups -OCH3 is 6. The lowest BCUT2D eigenvalue weighted by atomic mass is 10.2. The first kappa shape index (κ1) is 77.5. The fraction of sp³-hybridized carbons (Fsp3) is 0.141. The summed E-state index contributed by atoms with van der Waals surface area (Å²) in [5, 5.41) is 44.5. The van der Waals surface area contributed by atoms with Crippen LogP contribution in [0.25, 0.3) is 68.3 Å². The van der Waals surface area contributed by atoms with Gasteiger partial charge in [0.15, 0.2) is 6.20 Å². The van der Waals surface area contributed by atoms with Crippen molar-refractivity contribution in [2.75, 3.05) is 61.4 Å². The van der Waals surface area contributed by atoms with Crippen LogP contribution in [0.1, 0.15) is 11.4 Å². The van der Waals surface area contributed by atoms with Gasteiger partial charge >= 0.3 is 0 Å². The summed E-state index contributed by atoms with van der Waals surface area (Å²) in [4.78, 5) is 45.6. The molecule has 0 unspecified atom stereocenters. The molecule has 514 valence electrons. The van der Waals surface area contributed by atoms with E-state index in [-0.39, 0.29) is 6.61 Å². The van der Waals surface area contributed by atoms with E-state index in [0.717, 1.165) is 79.0 Å². The van der Waals surface area contributed by atoms with Crippen molar-refractivity contribution in [3.63, 3.8) is 0 Å². The van der Waals surface area contributed by atoms with Crippen LogP contribution in [-0.2, 0) is 6.61 Å². The quantitative estimate of drug-likeness (QED) is 0.0163. The van der Waals surface area contributed by atoms with Crippen LogP contribution in [0.3, 0.4) is 0 Å². The van der Waals surface area contributed by atoms with Gasteiger partial charge in [0.2, 0.25) is 11.4 Å². The maximum atomic E-state index is 11.8. The molecule has 2 N–H and O–H groups in total. The Morgan fingerprint density at radius 1 is 0.430 bits per heavy atom. The maximum Gasteiger partial charge on any atom is 0.263 e. The maximum absolute atomic E-state index is 11.8. The van der Waals surface area contributed by atoms with Gasteiger partial charge in [0.05, 0.1) is 140 Å². The molecule has 0 saturated heterocycles. The van der Waals surface area contributed by atoms with Gasteiger partial charge in [0.1, 0.15) is 60.8 Å². The lowest BCUT2D eigenvalue weighted by Gasteiger charge is -2.12. The highest BCUT2D eigenvalue weighted by Crippen LogP contribution is 2.38. The highest BCUT2D eigenvalue weighted by atomic mass is 79.9. The Labute approximate surface area is 616 Å². The summed E-state index contributed by atoms with van der Waals surface area (Å²) in [5.41, 5.74) is 9.46. The first-order valence-electron chi connectivity index (χ1n) is 29.4. The van der Waals surface area contributed by atoms with Crippen LogP contribution >= 0.6 is 83.1 Å². The highest BCUT2D eigenvalue weighted by molar-refractivity contribution is 9.11. The van der Waals surface area contributed by atoms with Gasteiger partial charge in [-0.05, 0) is 123 Å². The van der Waals surface area contributed by atoms with Crippen LogP contribution in [0.4, 0.5) is 0 Å². The van der Waals surface area contributed by atoms with Gasteiger partial charge < -0.3 is 49.1 Å². The Kier molecular flexibility index (Phi) is 31.7. The number of ether oxygens (including phenoxy) is 6. The molecule has 29 heteroatoms. The van der Waals surface area contributed by atoms with Crippen LogP contribution in [0.5, 0.6) is 34.5 Å². The third-order valence-electron chi connectivity index (χ3n) is 13.4. The summed E-state index contributed by atoms with van der Waals surface area (Å²) < 4.78 is 34.8. The molecule has 100 heavy (non-hydrogen) atoms. The summed E-state index contributed by atoms with van der Waals surface area (Å²) >= 11 is 14.5. The van der Waals surface area contributed by atoms with E-state index in [9.17, 15) is 15.5 Å². The molecule has 12 heterocycles. The van der Waals surface area contributed by atoms with E-state index in [2.05, 4.69) is 103 Å². The third kappa shape index (κ3) is 22.1. The molecule has 0 spiro atoms. The van der Waals surface area contributed by atoms with E-state index in [1.54, 1.807) is 140 Å². The lowest BCUT2D eigenvalue weighted by molar-refractivity contribution is -0.605. The average Bonchev–Trinajstić information content (AvgIpc) is 0.838. The normalized spacial score (nSPS) is 10.3. The molecule has 12 aromatic rings. The number of oxime groups is 1. The van der Waals surface area contributed by atoms with Gasteiger partial charge in [-0.25, -0.2) is 29.9 Å². The number of hydrogen-bond acceptors (Lipinski definition) is 24. The first-order chi connectivity index (χ1) is 48.7. The van der Waals surface area contributed by atoms with Gasteiger partial charge in [0.25, 0.3) is 4.60 Å². The number of halogens is 3. The minimum Gasteiger partial charge on any atom is -0.618 e. The zero-order valence-corrected chi connectivity index (χ0v) is 62.5. The van der Waals surface area contributed by atoms with E-state index in [0.29, 0.717) is 73.2 Å². The molecule has 0 saturated carbocycles. The second-order valence-corrected chi connectivity index (χ2v) is 24.3. The molecular formula is C71H66Br3N13O10S3. The number of aromatic nitrogens is 12. The molecule has 12 aromatic heterocycles. The van der Waals surface area contributed by atoms with E-state index in [1.807, 2.05) is 134 Å². The Bertz CT molecular complexity index is 4530. The van der Waals surface area contributed by atoms with Crippen LogP contribution in [0.15, 0.2) is 241 Å². The Hall–Kier alpha value is -9.88. The predicted molar refractivity (Wildman–Crippen MR) is 400 cm³/mol. The van der Waals surface area contributed by atoms with E-state index in [1.165, 1.54) is 35.9 Å². The number of aliphatic hydroxyl groups is 1. The molecule has 0 amide bonds. The zero-order valence-electron chi connectivity index (χ0n) is 55.2. The molecule has 0 fully saturated rings. The summed E-state index contributed by atoms with van der Waals surface area (Å²) in [6.07, 6.45) is 18.7. The molecule has 0 bridgehead atoms. The third-order valence-corrected chi connectivity index (χ3v) is 17.6. The largest absolute Gasteiger partial charge is 0.618 e. The smallest absolute Gasteiger partial charge is 0.263 e. The van der Waals surface area contributed by atoms with Crippen molar-refractivity contribution in [1.82, 2.24) is 49.8 Å². The average molecular weight is 1600 g/mol. The molecule has 0 atom stereocenters. The van der Waals surface area contributed by atoms with E-state index >= 15 is 0 Å². The van der Waals surface area contributed by atoms with Crippen LogP contribution in [0, 0.1) is 10.4 Å². The van der Waals surface area contributed by atoms with Crippen molar-refractivity contribution in [2.24, 2.45) is 5.16 Å². The predicted octanol–water partition coefficient (Wildman–Crippen LogP) is 15.1. The van der Waals surface area contributed by atoms with Gasteiger partial charge in [-0.1, -0.05) is 41.6 Å². The first-order valence-corrected chi connectivity index (χ1v) is 35.5. The fourth-order valence-electron chi connectivity index (χ4n) is 8.69. The second kappa shape index (κ2) is 40.9. The van der Waals surface area contributed by atoms with Gasteiger partial charge in [-0.15, -0.1) is 35.3 Å². The monoisotopic (exact) mass is 1590 g/mol.